The molecule has 0 bridgehead atoms. The zero-order valence-corrected chi connectivity index (χ0v) is 10.8. The van der Waals surface area contributed by atoms with Crippen LogP contribution in [0, 0.1) is 6.92 Å². The predicted octanol–water partition coefficient (Wildman–Crippen LogP) is 0.257. The molecule has 1 N–H and O–H groups in total. The van der Waals surface area contributed by atoms with Gasteiger partial charge in [-0.25, -0.2) is 0 Å². The van der Waals surface area contributed by atoms with Crippen LogP contribution in [-0.2, 0) is 16.0 Å². The molecule has 2 amide bonds. The van der Waals surface area contributed by atoms with Crippen molar-refractivity contribution in [1.82, 2.24) is 10.2 Å². The van der Waals surface area contributed by atoms with E-state index in [2.05, 4.69) is 11.4 Å². The number of nitrogens with one attached hydrogen (secondary N) is 1. The highest BCUT2D eigenvalue weighted by atomic mass is 16.5. The van der Waals surface area contributed by atoms with Crippen molar-refractivity contribution >= 4 is 11.8 Å². The Labute approximate surface area is 111 Å². The summed E-state index contributed by atoms with van der Waals surface area (Å²) in [6.45, 7) is 2.83. The summed E-state index contributed by atoms with van der Waals surface area (Å²) in [4.78, 5) is 24.7. The summed E-state index contributed by atoms with van der Waals surface area (Å²) >= 11 is 0. The molecule has 1 unspecified atom stereocenters. The minimum Gasteiger partial charge on any atom is -0.488 e. The Balaban J connectivity index is 1.70. The highest BCUT2D eigenvalue weighted by molar-refractivity contribution is 5.99. The lowest BCUT2D eigenvalue weighted by Gasteiger charge is -2.27. The number of amides is 2. The first-order valence-electron chi connectivity index (χ1n) is 6.43. The van der Waals surface area contributed by atoms with Crippen molar-refractivity contribution in [3.63, 3.8) is 0 Å². The van der Waals surface area contributed by atoms with E-state index in [-0.39, 0.29) is 31.0 Å². The lowest BCUT2D eigenvalue weighted by molar-refractivity contribution is -0.147. The summed E-state index contributed by atoms with van der Waals surface area (Å²) < 4.78 is 5.79. The molecule has 0 aliphatic carbocycles. The molecule has 19 heavy (non-hydrogen) atoms. The Morgan fingerprint density at radius 1 is 1.32 bits per heavy atom. The van der Waals surface area contributed by atoms with Gasteiger partial charge in [0, 0.05) is 6.42 Å². The van der Waals surface area contributed by atoms with E-state index in [4.69, 9.17) is 4.74 Å². The zero-order valence-electron chi connectivity index (χ0n) is 10.8. The first-order chi connectivity index (χ1) is 9.13. The Kier molecular flexibility index (Phi) is 2.98. The van der Waals surface area contributed by atoms with Crippen molar-refractivity contribution in [2.45, 2.75) is 19.4 Å². The highest BCUT2D eigenvalue weighted by Gasteiger charge is 2.31. The molecule has 1 aromatic carbocycles. The number of nitrogens with zero attached hydrogens (tertiary/aromatic N) is 1. The van der Waals surface area contributed by atoms with Gasteiger partial charge >= 0.3 is 0 Å². The van der Waals surface area contributed by atoms with Crippen molar-refractivity contribution < 1.29 is 14.3 Å². The normalized spacial score (nSPS) is 22.4. The third-order valence-electron chi connectivity index (χ3n) is 3.50. The number of hydrogen-bond acceptors (Lipinski definition) is 4. The van der Waals surface area contributed by atoms with Gasteiger partial charge in [0.1, 0.15) is 11.9 Å². The standard InChI is InChI=1S/C14H16N2O3/c1-9-2-3-12-10(4-9)5-11(19-12)8-16-13(17)6-15-7-14(16)18/h2-4,11,15H,5-8H2,1H3. The number of piperazine rings is 1. The quantitative estimate of drug-likeness (QED) is 0.775. The van der Waals surface area contributed by atoms with Gasteiger partial charge in [0.2, 0.25) is 11.8 Å². The van der Waals surface area contributed by atoms with Crippen LogP contribution in [0.4, 0.5) is 0 Å². The summed E-state index contributed by atoms with van der Waals surface area (Å²) in [6.07, 6.45) is 0.629. The fraction of sp³-hybridized carbons (Fsp3) is 0.429. The molecule has 2 heterocycles. The van der Waals surface area contributed by atoms with Crippen molar-refractivity contribution in [1.29, 1.82) is 0 Å². The summed E-state index contributed by atoms with van der Waals surface area (Å²) in [6, 6.07) is 6.05. The number of carbonyl (C=O) groups is 2. The average molecular weight is 260 g/mol. The van der Waals surface area contributed by atoms with Gasteiger partial charge in [0.05, 0.1) is 19.6 Å². The second-order valence-electron chi connectivity index (χ2n) is 5.06. The van der Waals surface area contributed by atoms with Gasteiger partial charge in [-0.3, -0.25) is 19.8 Å². The lowest BCUT2D eigenvalue weighted by Crippen LogP contribution is -2.54. The average Bonchev–Trinajstić information content (AvgIpc) is 2.75. The number of ether oxygens (including phenoxy) is 1. The summed E-state index contributed by atoms with van der Waals surface area (Å²) in [5, 5.41) is 2.78. The molecule has 0 radical (unpaired) electrons. The number of benzene rings is 1. The minimum absolute atomic E-state index is 0.122. The zero-order chi connectivity index (χ0) is 13.4. The lowest BCUT2D eigenvalue weighted by atomic mass is 10.1. The van der Waals surface area contributed by atoms with E-state index in [1.165, 1.54) is 10.5 Å². The summed E-state index contributed by atoms with van der Waals surface area (Å²) in [7, 11) is 0. The summed E-state index contributed by atoms with van der Waals surface area (Å²) in [5.41, 5.74) is 2.34. The molecule has 0 spiro atoms. The molecule has 1 atom stereocenters. The van der Waals surface area contributed by atoms with Gasteiger partial charge in [0.25, 0.3) is 0 Å². The Morgan fingerprint density at radius 3 is 2.79 bits per heavy atom. The number of rotatable bonds is 2. The van der Waals surface area contributed by atoms with Crippen molar-refractivity contribution in [2.24, 2.45) is 0 Å². The van der Waals surface area contributed by atoms with Crippen LogP contribution < -0.4 is 10.1 Å². The molecule has 1 saturated heterocycles. The Hall–Kier alpha value is -1.88. The number of carbonyl (C=O) groups excluding carboxylic acids is 2. The maximum Gasteiger partial charge on any atom is 0.243 e. The van der Waals surface area contributed by atoms with E-state index < -0.39 is 0 Å². The van der Waals surface area contributed by atoms with Gasteiger partial charge in [-0.15, -0.1) is 0 Å². The van der Waals surface area contributed by atoms with Gasteiger partial charge in [-0.05, 0) is 18.6 Å². The van der Waals surface area contributed by atoms with Crippen LogP contribution in [-0.4, -0.2) is 42.5 Å². The molecule has 5 heteroatoms. The van der Waals surface area contributed by atoms with Crippen LogP contribution >= 0.6 is 0 Å². The fourth-order valence-electron chi connectivity index (χ4n) is 2.56. The topological polar surface area (TPSA) is 58.6 Å². The molecule has 100 valence electrons. The smallest absolute Gasteiger partial charge is 0.243 e. The van der Waals surface area contributed by atoms with Gasteiger partial charge in [0.15, 0.2) is 0 Å². The van der Waals surface area contributed by atoms with Crippen LogP contribution in [0.2, 0.25) is 0 Å². The number of hydrogen-bond donors (Lipinski definition) is 1. The molecule has 0 saturated carbocycles. The first-order valence-corrected chi connectivity index (χ1v) is 6.43. The van der Waals surface area contributed by atoms with E-state index in [1.54, 1.807) is 0 Å². The second-order valence-corrected chi connectivity index (χ2v) is 5.06. The SMILES string of the molecule is Cc1ccc2c(c1)CC(CN1C(=O)CNCC1=O)O2. The van der Waals surface area contributed by atoms with Gasteiger partial charge in [-0.2, -0.15) is 0 Å². The highest BCUT2D eigenvalue weighted by Crippen LogP contribution is 2.29. The third-order valence-corrected chi connectivity index (χ3v) is 3.50. The molecular formula is C14H16N2O3. The van der Waals surface area contributed by atoms with Gasteiger partial charge < -0.3 is 4.74 Å². The van der Waals surface area contributed by atoms with E-state index >= 15 is 0 Å². The van der Waals surface area contributed by atoms with E-state index in [0.29, 0.717) is 6.54 Å². The molecule has 1 aromatic rings. The monoisotopic (exact) mass is 260 g/mol. The third kappa shape index (κ3) is 2.33. The van der Waals surface area contributed by atoms with Crippen LogP contribution in [0.5, 0.6) is 5.75 Å². The second kappa shape index (κ2) is 4.66. The maximum atomic E-state index is 11.7. The molecule has 1 fully saturated rings. The van der Waals surface area contributed by atoms with Crippen LogP contribution in [0.1, 0.15) is 11.1 Å². The molecule has 2 aliphatic heterocycles. The predicted molar refractivity (Wildman–Crippen MR) is 68.9 cm³/mol. The molecular weight excluding hydrogens is 244 g/mol. The van der Waals surface area contributed by atoms with Crippen LogP contribution in [0.3, 0.4) is 0 Å². The van der Waals surface area contributed by atoms with E-state index in [1.807, 2.05) is 19.1 Å². The van der Waals surface area contributed by atoms with Crippen molar-refractivity contribution in [2.75, 3.05) is 19.6 Å². The van der Waals surface area contributed by atoms with Crippen LogP contribution in [0.15, 0.2) is 18.2 Å². The van der Waals surface area contributed by atoms with Crippen LogP contribution in [0.25, 0.3) is 0 Å². The Morgan fingerprint density at radius 2 is 2.05 bits per heavy atom. The maximum absolute atomic E-state index is 11.7. The fourth-order valence-corrected chi connectivity index (χ4v) is 2.56. The summed E-state index contributed by atoms with van der Waals surface area (Å²) in [5.74, 6) is 0.518. The number of imide groups is 1. The van der Waals surface area contributed by atoms with Crippen molar-refractivity contribution in [3.05, 3.63) is 29.3 Å². The van der Waals surface area contributed by atoms with Gasteiger partial charge in [-0.1, -0.05) is 17.7 Å². The molecule has 0 aromatic heterocycles. The first kappa shape index (κ1) is 12.2. The molecule has 2 aliphatic rings. The molecule has 3 rings (SSSR count). The van der Waals surface area contributed by atoms with E-state index in [9.17, 15) is 9.59 Å². The van der Waals surface area contributed by atoms with Crippen molar-refractivity contribution in [3.8, 4) is 5.75 Å². The van der Waals surface area contributed by atoms with E-state index in [0.717, 1.165) is 17.7 Å². The Bertz CT molecular complexity index is 525. The number of aryl methyl sites for hydroxylation is 1. The largest absolute Gasteiger partial charge is 0.488 e. The molecule has 5 nitrogen and oxygen atoms in total. The minimum atomic E-state index is -0.174. The number of fused-ring (bicyclic) bond motifs is 1.